The Morgan fingerprint density at radius 3 is 2.85 bits per heavy atom. The molecule has 10 heteroatoms. The molecular weight excluding hydrogens is 432 g/mol. The van der Waals surface area contributed by atoms with Gasteiger partial charge < -0.3 is 20.3 Å². The molecule has 0 saturated carbocycles. The first-order chi connectivity index (χ1) is 16.4. The van der Waals surface area contributed by atoms with E-state index >= 15 is 0 Å². The molecule has 5 heterocycles. The Morgan fingerprint density at radius 2 is 2.03 bits per heavy atom. The first kappa shape index (κ1) is 21.1. The molecule has 1 aromatic carbocycles. The van der Waals surface area contributed by atoms with Gasteiger partial charge in [0.2, 0.25) is 0 Å². The van der Waals surface area contributed by atoms with Crippen LogP contribution in [0.25, 0.3) is 0 Å². The van der Waals surface area contributed by atoms with Crippen molar-refractivity contribution in [1.29, 1.82) is 0 Å². The zero-order valence-electron chi connectivity index (χ0n) is 19.9. The number of hydroxylamine groups is 1. The zero-order valence-corrected chi connectivity index (χ0v) is 19.9. The minimum atomic E-state index is -1.17. The van der Waals surface area contributed by atoms with Crippen molar-refractivity contribution in [2.45, 2.75) is 38.8 Å². The maximum Gasteiger partial charge on any atom is 0.351 e. The highest BCUT2D eigenvalue weighted by Crippen LogP contribution is 2.42. The molecule has 0 aliphatic carbocycles. The third-order valence-electron chi connectivity index (χ3n) is 6.98. The molecule has 3 atom stereocenters. The van der Waals surface area contributed by atoms with Crippen molar-refractivity contribution in [2.24, 2.45) is 4.99 Å². The van der Waals surface area contributed by atoms with Crippen LogP contribution in [0.5, 0.6) is 5.75 Å². The first-order valence-corrected chi connectivity index (χ1v) is 11.7. The second-order valence-electron chi connectivity index (χ2n) is 9.40. The Bertz CT molecular complexity index is 1170. The topological polar surface area (TPSA) is 89.5 Å². The predicted octanol–water partition coefficient (Wildman–Crippen LogP) is 2.75. The summed E-state index contributed by atoms with van der Waals surface area (Å²) in [6.07, 6.45) is 3.67. The van der Waals surface area contributed by atoms with Crippen molar-refractivity contribution in [2.75, 3.05) is 47.3 Å². The highest BCUT2D eigenvalue weighted by molar-refractivity contribution is 5.85. The molecule has 34 heavy (non-hydrogen) atoms. The normalized spacial score (nSPS) is 27.9. The van der Waals surface area contributed by atoms with Crippen LogP contribution in [0.15, 0.2) is 52.9 Å². The second-order valence-corrected chi connectivity index (χ2v) is 9.40. The fraction of sp³-hybridized carbons (Fsp3) is 0.417. The number of benzene rings is 1. The van der Waals surface area contributed by atoms with E-state index in [-0.39, 0.29) is 0 Å². The van der Waals surface area contributed by atoms with Crippen molar-refractivity contribution < 1.29 is 9.57 Å². The van der Waals surface area contributed by atoms with E-state index in [9.17, 15) is 0 Å². The Balaban J connectivity index is 1.28. The predicted molar refractivity (Wildman–Crippen MR) is 133 cm³/mol. The van der Waals surface area contributed by atoms with Crippen molar-refractivity contribution >= 4 is 29.1 Å². The van der Waals surface area contributed by atoms with E-state index in [1.165, 1.54) is 0 Å². The molecule has 2 saturated heterocycles. The van der Waals surface area contributed by atoms with Gasteiger partial charge in [-0.1, -0.05) is 0 Å². The molecule has 0 radical (unpaired) electrons. The molecule has 0 spiro atoms. The molecular formula is C24H30N8O2. The fourth-order valence-electron chi connectivity index (χ4n) is 4.92. The highest BCUT2D eigenvalue weighted by Gasteiger charge is 2.49. The lowest BCUT2D eigenvalue weighted by molar-refractivity contribution is -0.0214. The molecule has 2 bridgehead atoms. The number of aliphatic imine (C=N–C) groups is 1. The lowest BCUT2D eigenvalue weighted by Gasteiger charge is -2.43. The zero-order chi connectivity index (χ0) is 23.4. The summed E-state index contributed by atoms with van der Waals surface area (Å²) in [5.74, 6) is 1.49. The van der Waals surface area contributed by atoms with E-state index in [4.69, 9.17) is 19.6 Å². The largest absolute Gasteiger partial charge is 0.471 e. The molecule has 0 amide bonds. The van der Waals surface area contributed by atoms with E-state index < -0.39 is 5.97 Å². The number of allylic oxidation sites excluding steroid dienone is 1. The number of anilines is 4. The van der Waals surface area contributed by atoms with Crippen LogP contribution in [0.2, 0.25) is 0 Å². The van der Waals surface area contributed by atoms with Crippen LogP contribution in [0.1, 0.15) is 20.8 Å². The van der Waals surface area contributed by atoms with Gasteiger partial charge >= 0.3 is 5.97 Å². The SMILES string of the molecule is CC1=C2NOC(Nc3ccc(N4C[C@H](C)N(C)C[C@H]4C)nc3)(N=C1)N2c1ccc2c(c1)NCO2. The summed E-state index contributed by atoms with van der Waals surface area (Å²) in [5.41, 5.74) is 6.71. The Morgan fingerprint density at radius 1 is 1.15 bits per heavy atom. The number of ether oxygens (including phenoxy) is 1. The van der Waals surface area contributed by atoms with E-state index in [0.29, 0.717) is 18.8 Å². The lowest BCUT2D eigenvalue weighted by atomic mass is 10.1. The van der Waals surface area contributed by atoms with Crippen LogP contribution in [-0.4, -0.2) is 61.0 Å². The van der Waals surface area contributed by atoms with Gasteiger partial charge in [-0.3, -0.25) is 9.80 Å². The smallest absolute Gasteiger partial charge is 0.351 e. The molecule has 4 aliphatic rings. The maximum atomic E-state index is 6.03. The molecule has 178 valence electrons. The number of hydrogen-bond donors (Lipinski definition) is 3. The summed E-state index contributed by atoms with van der Waals surface area (Å²) in [4.78, 5) is 22.3. The number of nitrogens with one attached hydrogen (secondary N) is 3. The van der Waals surface area contributed by atoms with Crippen molar-refractivity contribution in [1.82, 2.24) is 15.4 Å². The molecule has 2 fully saturated rings. The van der Waals surface area contributed by atoms with Gasteiger partial charge in [0.25, 0.3) is 0 Å². The number of aromatic nitrogens is 1. The second kappa shape index (κ2) is 7.78. The van der Waals surface area contributed by atoms with E-state index in [1.807, 2.05) is 48.5 Å². The summed E-state index contributed by atoms with van der Waals surface area (Å²) in [6.45, 7) is 8.94. The number of pyridine rings is 1. The minimum absolute atomic E-state index is 0.403. The third-order valence-corrected chi connectivity index (χ3v) is 6.98. The van der Waals surface area contributed by atoms with Crippen LogP contribution in [0.3, 0.4) is 0 Å². The van der Waals surface area contributed by atoms with Gasteiger partial charge in [-0.2, -0.15) is 0 Å². The van der Waals surface area contributed by atoms with Crippen LogP contribution >= 0.6 is 0 Å². The van der Waals surface area contributed by atoms with Crippen molar-refractivity contribution in [3.8, 4) is 5.75 Å². The standard InChI is InChI=1S/C24H30N8O2/c1-15-10-27-24(32(23(15)29-34-24)19-6-7-21-20(9-19)26-14-33-21)28-18-5-8-22(25-11-18)31-13-16(2)30(4)12-17(31)3/h5-11,16-17,26,28-29H,12-14H2,1-4H3/t16-,17+,24?/m0/s1. The molecule has 2 aromatic rings. The first-order valence-electron chi connectivity index (χ1n) is 11.7. The molecule has 10 nitrogen and oxygen atoms in total. The summed E-state index contributed by atoms with van der Waals surface area (Å²) in [7, 11) is 2.18. The average Bonchev–Trinajstić information content (AvgIpc) is 3.41. The summed E-state index contributed by atoms with van der Waals surface area (Å²) >= 11 is 0. The Hall–Kier alpha value is -3.50. The molecule has 4 aliphatic heterocycles. The quantitative estimate of drug-likeness (QED) is 0.635. The van der Waals surface area contributed by atoms with Crippen molar-refractivity contribution in [3.63, 3.8) is 0 Å². The summed E-state index contributed by atoms with van der Waals surface area (Å²) in [6, 6.07) is 11.0. The van der Waals surface area contributed by atoms with Crippen LogP contribution in [-0.2, 0) is 4.84 Å². The molecule has 3 N–H and O–H groups in total. The van der Waals surface area contributed by atoms with Gasteiger partial charge in [0.15, 0.2) is 6.73 Å². The van der Waals surface area contributed by atoms with E-state index in [1.54, 1.807) is 0 Å². The monoisotopic (exact) mass is 462 g/mol. The van der Waals surface area contributed by atoms with Gasteiger partial charge in [-0.15, -0.1) is 0 Å². The average molecular weight is 463 g/mol. The third kappa shape index (κ3) is 3.33. The van der Waals surface area contributed by atoms with Gasteiger partial charge in [0, 0.05) is 37.0 Å². The molecule has 1 aromatic heterocycles. The summed E-state index contributed by atoms with van der Waals surface area (Å²) < 4.78 is 5.58. The number of likely N-dealkylation sites (N-methyl/N-ethyl adjacent to an activating group) is 1. The van der Waals surface area contributed by atoms with Crippen LogP contribution in [0.4, 0.5) is 22.9 Å². The van der Waals surface area contributed by atoms with Gasteiger partial charge in [-0.25, -0.2) is 20.3 Å². The highest BCUT2D eigenvalue weighted by atomic mass is 16.7. The number of hydrogen-bond acceptors (Lipinski definition) is 10. The van der Waals surface area contributed by atoms with Gasteiger partial charge in [0.05, 0.1) is 23.3 Å². The Labute approximate surface area is 199 Å². The van der Waals surface area contributed by atoms with Gasteiger partial charge in [-0.05, 0) is 58.2 Å². The van der Waals surface area contributed by atoms with Crippen LogP contribution in [0, 0.1) is 0 Å². The van der Waals surface area contributed by atoms with E-state index in [0.717, 1.165) is 53.1 Å². The van der Waals surface area contributed by atoms with E-state index in [2.05, 4.69) is 52.9 Å². The van der Waals surface area contributed by atoms with Crippen LogP contribution < -0.4 is 30.7 Å². The maximum absolute atomic E-state index is 6.03. The van der Waals surface area contributed by atoms with Crippen molar-refractivity contribution in [3.05, 3.63) is 47.9 Å². The number of fused-ring (bicyclic) bond motifs is 3. The molecule has 6 rings (SSSR count). The number of rotatable bonds is 4. The molecule has 1 unspecified atom stereocenters. The minimum Gasteiger partial charge on any atom is -0.471 e. The number of nitrogens with zero attached hydrogens (tertiary/aromatic N) is 5. The lowest BCUT2D eigenvalue weighted by Crippen LogP contribution is -2.55. The van der Waals surface area contributed by atoms with Gasteiger partial charge in [0.1, 0.15) is 17.4 Å². The Kier molecular flexibility index (Phi) is 4.82. The fourth-order valence-corrected chi connectivity index (χ4v) is 4.92. The summed E-state index contributed by atoms with van der Waals surface area (Å²) in [5, 5.41) is 6.70. The number of piperazine rings is 1.